The molecular weight excluding hydrogens is 1040 g/mol. The van der Waals surface area contributed by atoms with Gasteiger partial charge in [-0.2, -0.15) is 0 Å². The van der Waals surface area contributed by atoms with E-state index in [0.717, 1.165) is 143 Å². The van der Waals surface area contributed by atoms with Crippen molar-refractivity contribution in [1.29, 1.82) is 0 Å². The third-order valence-electron chi connectivity index (χ3n) is 17.9. The number of nitrogens with one attached hydrogen (secondary N) is 1. The van der Waals surface area contributed by atoms with Crippen LogP contribution in [0, 0.1) is 18.8 Å². The van der Waals surface area contributed by atoms with Crippen molar-refractivity contribution in [2.75, 3.05) is 79.3 Å². The Morgan fingerprint density at radius 1 is 0.877 bits per heavy atom. The first-order valence-corrected chi connectivity index (χ1v) is 30.1. The quantitative estimate of drug-likeness (QED) is 0.0679. The first kappa shape index (κ1) is 54.7. The van der Waals surface area contributed by atoms with Gasteiger partial charge in [-0.1, -0.05) is 55.4 Å². The van der Waals surface area contributed by atoms with Crippen LogP contribution < -0.4 is 30.5 Å². The first-order valence-electron chi connectivity index (χ1n) is 29.2. The number of para-hydroxylation sites is 1. The molecule has 4 saturated heterocycles. The largest absolute Gasteiger partial charge is 0.507 e. The van der Waals surface area contributed by atoms with Crippen molar-refractivity contribution in [2.24, 2.45) is 11.8 Å². The van der Waals surface area contributed by atoms with Crippen molar-refractivity contribution in [1.82, 2.24) is 40.4 Å². The first-order chi connectivity index (χ1) is 39.2. The Hall–Kier alpha value is -6.87. The van der Waals surface area contributed by atoms with E-state index in [1.165, 1.54) is 4.90 Å². The van der Waals surface area contributed by atoms with E-state index in [0.29, 0.717) is 34.6 Å². The number of carbonyl (C=O) groups is 2. The maximum Gasteiger partial charge on any atom is 0.243 e. The number of aryl methyl sites for hydroxylation is 1. The summed E-state index contributed by atoms with van der Waals surface area (Å²) in [6, 6.07) is 22.2. The molecule has 19 nitrogen and oxygen atoms in total. The second kappa shape index (κ2) is 23.2. The third-order valence-corrected chi connectivity index (χ3v) is 18.9. The summed E-state index contributed by atoms with van der Waals surface area (Å²) in [5, 5.41) is 37.4. The van der Waals surface area contributed by atoms with Gasteiger partial charge in [0.2, 0.25) is 17.7 Å². The summed E-state index contributed by atoms with van der Waals surface area (Å²) in [7, 11) is 0. The van der Waals surface area contributed by atoms with Gasteiger partial charge in [-0.05, 0) is 99.6 Å². The van der Waals surface area contributed by atoms with Crippen molar-refractivity contribution in [2.45, 2.75) is 133 Å². The number of ether oxygens (including phenoxy) is 2. The van der Waals surface area contributed by atoms with E-state index in [-0.39, 0.29) is 66.3 Å². The van der Waals surface area contributed by atoms with E-state index >= 15 is 0 Å². The number of amides is 2. The van der Waals surface area contributed by atoms with Gasteiger partial charge in [0.1, 0.15) is 23.8 Å². The molecule has 2 amide bonds. The number of rotatable bonds is 17. The molecule has 2 aromatic carbocycles. The predicted octanol–water partition coefficient (Wildman–Crippen LogP) is 7.99. The summed E-state index contributed by atoms with van der Waals surface area (Å²) in [6.07, 6.45) is 9.83. The number of aliphatic hydroxyl groups is 1. The van der Waals surface area contributed by atoms with E-state index in [9.17, 15) is 19.8 Å². The number of hydrogen-bond acceptors (Lipinski definition) is 18. The van der Waals surface area contributed by atoms with Crippen LogP contribution in [0.5, 0.6) is 11.6 Å². The lowest BCUT2D eigenvalue weighted by Crippen LogP contribution is -2.55. The Labute approximate surface area is 477 Å². The molecule has 5 N–H and O–H groups in total. The number of benzene rings is 2. The number of piperazine rings is 1. The summed E-state index contributed by atoms with van der Waals surface area (Å²) in [5.74, 6) is 1.71. The maximum absolute atomic E-state index is 14.4. The van der Waals surface area contributed by atoms with Gasteiger partial charge in [0, 0.05) is 108 Å². The molecule has 0 radical (unpaired) electrons. The number of thiazole rings is 1. The lowest BCUT2D eigenvalue weighted by atomic mass is 9.91. The SMILES string of the molecule is Cc1ncsc1-c1ccc([C@H](C)NC(=O)[C@@H]2C[C@@H](O)CN2C(=O)[C@@H](c2cc(N3CCC(CN4CCC(OC5CC(Oc6cc(N7CCN(c8cc(-c9ccccc9O)nnc8N)CC78CC8)ccn6)C5)CC4)CC3)no2)C(C)C)cc1. The number of nitrogens with zero attached hydrogens (tertiary/aromatic N) is 10. The number of phenolic OH excluding ortho intramolecular Hbond substituents is 1. The number of nitrogens with two attached hydrogens (primary N) is 1. The number of anilines is 4. The van der Waals surface area contributed by atoms with Gasteiger partial charge in [-0.25, -0.2) is 9.97 Å². The number of hydrogen-bond donors (Lipinski definition) is 4. The normalized spacial score (nSPS) is 23.2. The highest BCUT2D eigenvalue weighted by molar-refractivity contribution is 7.13. The average molecular weight is 1120 g/mol. The van der Waals surface area contributed by atoms with Crippen LogP contribution in [-0.2, 0) is 14.3 Å². The van der Waals surface area contributed by atoms with Crippen LogP contribution in [0.3, 0.4) is 0 Å². The molecule has 0 bridgehead atoms. The zero-order valence-corrected chi connectivity index (χ0v) is 47.7. The fourth-order valence-corrected chi connectivity index (χ4v) is 13.9. The molecule has 4 aromatic heterocycles. The number of aliphatic hydroxyl groups excluding tert-OH is 1. The standard InChI is InChI=1S/C61H76N12O7S/c1-37(2)56(60(77)72-34-44(74)28-51(72)59(76)65-38(3)41-9-11-42(12-10-41)57-39(4)64-36-81-57)53-32-54(68-80-53)70-23-14-40(15-24-70)33-69-21-16-45(17-22-69)78-46-29-47(30-46)79-55-27-43(13-20-63-55)73-26-25-71(35-61(73)18-19-61)50-31-49(66-67-58(50)62)48-7-5-6-8-52(48)75/h5-13,20,27,31-32,36-38,40,44-47,51,56,74-75H,14-19,21-26,28-30,33-35H2,1-4H3,(H2,62,67)(H,65,76)/t38-,44+,46?,47?,51-,56+/m0/s1. The van der Waals surface area contributed by atoms with Gasteiger partial charge in [0.05, 0.1) is 57.4 Å². The summed E-state index contributed by atoms with van der Waals surface area (Å²) < 4.78 is 19.1. The molecule has 8 heterocycles. The zero-order chi connectivity index (χ0) is 55.9. The van der Waals surface area contributed by atoms with Gasteiger partial charge in [0.25, 0.3) is 0 Å². The number of aromatic nitrogens is 5. The van der Waals surface area contributed by atoms with E-state index in [1.807, 2.05) is 87.9 Å². The van der Waals surface area contributed by atoms with Gasteiger partial charge in [-0.15, -0.1) is 21.5 Å². The lowest BCUT2D eigenvalue weighted by molar-refractivity contribution is -0.141. The fraction of sp³-hybridized carbons (Fsp3) is 0.525. The highest BCUT2D eigenvalue weighted by Gasteiger charge is 2.52. The Morgan fingerprint density at radius 3 is 2.38 bits per heavy atom. The third kappa shape index (κ3) is 11.8. The fourth-order valence-electron chi connectivity index (χ4n) is 13.1. The molecule has 0 unspecified atom stereocenters. The van der Waals surface area contributed by atoms with E-state index in [1.54, 1.807) is 23.5 Å². The number of pyridine rings is 1. The van der Waals surface area contributed by atoms with Gasteiger partial charge >= 0.3 is 0 Å². The van der Waals surface area contributed by atoms with Crippen LogP contribution in [0.1, 0.15) is 108 Å². The average Bonchev–Trinajstić information content (AvgIpc) is 3.90. The number of phenols is 1. The van der Waals surface area contributed by atoms with Crippen LogP contribution in [0.2, 0.25) is 0 Å². The molecule has 6 aromatic rings. The monoisotopic (exact) mass is 1120 g/mol. The molecule has 4 aliphatic heterocycles. The molecule has 4 atom stereocenters. The van der Waals surface area contributed by atoms with Crippen molar-refractivity contribution < 1.29 is 33.8 Å². The molecule has 6 aliphatic rings. The van der Waals surface area contributed by atoms with Crippen LogP contribution >= 0.6 is 11.3 Å². The minimum atomic E-state index is -0.803. The second-order valence-corrected chi connectivity index (χ2v) is 24.7. The summed E-state index contributed by atoms with van der Waals surface area (Å²) in [5.41, 5.74) is 14.4. The van der Waals surface area contributed by atoms with Crippen molar-refractivity contribution >= 4 is 46.2 Å². The van der Waals surface area contributed by atoms with Crippen LogP contribution in [0.15, 0.2) is 89.0 Å². The maximum atomic E-state index is 14.4. The molecular formula is C61H76N12O7S. The lowest BCUT2D eigenvalue weighted by Gasteiger charge is -2.44. The number of piperidine rings is 2. The van der Waals surface area contributed by atoms with Crippen molar-refractivity contribution in [3.05, 3.63) is 102 Å². The molecule has 12 rings (SSSR count). The molecule has 81 heavy (non-hydrogen) atoms. The van der Waals surface area contributed by atoms with E-state index in [4.69, 9.17) is 19.7 Å². The van der Waals surface area contributed by atoms with E-state index < -0.39 is 18.1 Å². The highest BCUT2D eigenvalue weighted by atomic mass is 32.1. The minimum Gasteiger partial charge on any atom is -0.507 e. The highest BCUT2D eigenvalue weighted by Crippen LogP contribution is 2.48. The van der Waals surface area contributed by atoms with Crippen LogP contribution in [0.4, 0.5) is 23.0 Å². The Bertz CT molecular complexity index is 3170. The zero-order valence-electron chi connectivity index (χ0n) is 46.9. The number of aromatic hydroxyl groups is 1. The van der Waals surface area contributed by atoms with Crippen molar-refractivity contribution in [3.8, 4) is 33.3 Å². The number of nitrogen functional groups attached to an aromatic ring is 1. The molecule has 6 fully saturated rings. The Morgan fingerprint density at radius 2 is 1.65 bits per heavy atom. The van der Waals surface area contributed by atoms with Crippen molar-refractivity contribution in [3.63, 3.8) is 0 Å². The minimum absolute atomic E-state index is 0.00777. The molecule has 2 saturated carbocycles. The number of likely N-dealkylation sites (tertiary alicyclic amines) is 2. The summed E-state index contributed by atoms with van der Waals surface area (Å²) >= 11 is 1.60. The van der Waals surface area contributed by atoms with Crippen LogP contribution in [-0.4, -0.2) is 152 Å². The summed E-state index contributed by atoms with van der Waals surface area (Å²) in [6.45, 7) is 15.2. The molecule has 1 spiro atoms. The number of β-amino-alcohol motifs (C(OH)–C–C–N with tert-alkyl or cyclic N) is 1. The molecule has 20 heteroatoms. The van der Waals surface area contributed by atoms with E-state index in [2.05, 4.69) is 62.4 Å². The van der Waals surface area contributed by atoms with Gasteiger partial charge in [0.15, 0.2) is 17.4 Å². The van der Waals surface area contributed by atoms with Gasteiger partial charge < -0.3 is 59.8 Å². The molecule has 428 valence electrons. The molecule has 2 aliphatic carbocycles. The Balaban J connectivity index is 0.564. The summed E-state index contributed by atoms with van der Waals surface area (Å²) in [4.78, 5) is 49.6. The topological polar surface area (TPSA) is 225 Å². The smallest absolute Gasteiger partial charge is 0.243 e. The predicted molar refractivity (Wildman–Crippen MR) is 311 cm³/mol. The number of carbonyl (C=O) groups excluding carboxylic acids is 2. The van der Waals surface area contributed by atoms with Crippen LogP contribution in [0.25, 0.3) is 21.7 Å². The Kier molecular flexibility index (Phi) is 15.7. The second-order valence-electron chi connectivity index (χ2n) is 23.9. The van der Waals surface area contributed by atoms with Gasteiger partial charge in [-0.3, -0.25) is 9.59 Å².